The number of hydrogen-bond acceptors (Lipinski definition) is 10. The zero-order valence-corrected chi connectivity index (χ0v) is 24.1. The molecular formula is C25H28Cl2N4O6S2. The van der Waals surface area contributed by atoms with Gasteiger partial charge in [0.15, 0.2) is 0 Å². The predicted octanol–water partition coefficient (Wildman–Crippen LogP) is 4.86. The number of halogens is 2. The van der Waals surface area contributed by atoms with Crippen LogP contribution in [0.2, 0.25) is 0 Å². The van der Waals surface area contributed by atoms with Crippen LogP contribution in [0.1, 0.15) is 16.4 Å². The van der Waals surface area contributed by atoms with Crippen molar-refractivity contribution in [2.75, 3.05) is 61.0 Å². The van der Waals surface area contributed by atoms with Gasteiger partial charge in [-0.25, -0.2) is 4.98 Å². The molecule has 1 aromatic carbocycles. The Kier molecular flexibility index (Phi) is 10.2. The Labute approximate surface area is 241 Å². The lowest BCUT2D eigenvalue weighted by molar-refractivity contribution is -0.380. The zero-order chi connectivity index (χ0) is 27.8. The minimum atomic E-state index is -4.35. The van der Waals surface area contributed by atoms with Crippen molar-refractivity contribution < 1.29 is 22.3 Å². The third kappa shape index (κ3) is 7.52. The first-order chi connectivity index (χ1) is 18.8. The lowest BCUT2D eigenvalue weighted by Gasteiger charge is -2.27. The van der Waals surface area contributed by atoms with E-state index >= 15 is 0 Å². The predicted molar refractivity (Wildman–Crippen MR) is 154 cm³/mol. The number of morpholine rings is 1. The summed E-state index contributed by atoms with van der Waals surface area (Å²) in [5.41, 5.74) is 1.50. The van der Waals surface area contributed by atoms with E-state index in [1.165, 1.54) is 11.4 Å². The van der Waals surface area contributed by atoms with E-state index in [0.29, 0.717) is 56.7 Å². The largest absolute Gasteiger partial charge is 0.382 e. The first-order valence-electron chi connectivity index (χ1n) is 12.2. The summed E-state index contributed by atoms with van der Waals surface area (Å²) in [6.45, 7) is 3.81. The van der Waals surface area contributed by atoms with Crippen LogP contribution in [0.5, 0.6) is 5.75 Å². The summed E-state index contributed by atoms with van der Waals surface area (Å²) in [5, 5.41) is 11.6. The summed E-state index contributed by atoms with van der Waals surface area (Å²) in [6.07, 6.45) is 1.55. The number of thiophene rings is 1. The summed E-state index contributed by atoms with van der Waals surface area (Å²) < 4.78 is 38.1. The molecule has 0 saturated carbocycles. The fraction of sp³-hybridized carbons (Fsp3) is 0.400. The third-order valence-electron chi connectivity index (χ3n) is 6.22. The summed E-state index contributed by atoms with van der Waals surface area (Å²) >= 11 is 12.6. The highest BCUT2D eigenvalue weighted by Crippen LogP contribution is 2.38. The van der Waals surface area contributed by atoms with Gasteiger partial charge in [-0.05, 0) is 53.8 Å². The van der Waals surface area contributed by atoms with E-state index in [9.17, 15) is 18.5 Å². The van der Waals surface area contributed by atoms with Crippen molar-refractivity contribution in [2.24, 2.45) is 0 Å². The maximum atomic E-state index is 13.6. The van der Waals surface area contributed by atoms with E-state index in [2.05, 4.69) is 9.88 Å². The normalized spacial score (nSPS) is 14.7. The summed E-state index contributed by atoms with van der Waals surface area (Å²) in [4.78, 5) is 19.7. The van der Waals surface area contributed by atoms with Crippen LogP contribution >= 0.6 is 34.5 Å². The molecule has 210 valence electrons. The Hall–Kier alpha value is -2.64. The molecule has 4 rings (SSSR count). The van der Waals surface area contributed by atoms with Crippen LogP contribution in [0, 0.1) is 10.1 Å². The molecule has 14 heteroatoms. The molecule has 1 fully saturated rings. The topological polar surface area (TPSA) is 115 Å². The number of pyridine rings is 1. The second kappa shape index (κ2) is 13.6. The highest BCUT2D eigenvalue weighted by Gasteiger charge is 2.36. The number of benzene rings is 1. The Morgan fingerprint density at radius 3 is 2.38 bits per heavy atom. The molecule has 1 unspecified atom stereocenters. The van der Waals surface area contributed by atoms with Crippen LogP contribution in [-0.4, -0.2) is 69.5 Å². The van der Waals surface area contributed by atoms with Crippen LogP contribution in [0.15, 0.2) is 54.0 Å². The average Bonchev–Trinajstić information content (AvgIpc) is 3.42. The standard InChI is InChI=1S/C25H28Cl2N4O6S2/c26-8-10-29(11-9-27)20-2-4-21(5-3-20)37-39(34,35)23(22-7-16-38-25(22)31(32)33)17-19-1-6-24(28-18-19)30-12-14-36-15-13-30/h1-7,16,18,23H,8-15,17H2. The molecule has 3 heterocycles. The van der Waals surface area contributed by atoms with Crippen LogP contribution < -0.4 is 14.0 Å². The van der Waals surface area contributed by atoms with Gasteiger partial charge in [-0.2, -0.15) is 8.42 Å². The molecule has 1 saturated heterocycles. The molecule has 1 atom stereocenters. The molecule has 1 aliphatic heterocycles. The molecule has 39 heavy (non-hydrogen) atoms. The average molecular weight is 616 g/mol. The van der Waals surface area contributed by atoms with E-state index in [-0.39, 0.29) is 22.7 Å². The highest BCUT2D eigenvalue weighted by atomic mass is 35.5. The van der Waals surface area contributed by atoms with Gasteiger partial charge in [-0.1, -0.05) is 17.4 Å². The summed E-state index contributed by atoms with van der Waals surface area (Å²) in [5.74, 6) is 1.68. The minimum Gasteiger partial charge on any atom is -0.382 e. The van der Waals surface area contributed by atoms with E-state index in [1.807, 2.05) is 11.0 Å². The SMILES string of the molecule is O=[N+]([O-])c1sccc1C(Cc1ccc(N2CCOCC2)nc1)S(=O)(=O)Oc1ccc(N(CCCl)CCCl)cc1. The van der Waals surface area contributed by atoms with Gasteiger partial charge in [0.1, 0.15) is 16.8 Å². The smallest absolute Gasteiger partial charge is 0.328 e. The van der Waals surface area contributed by atoms with E-state index in [1.54, 1.807) is 36.5 Å². The number of nitrogens with zero attached hydrogens (tertiary/aromatic N) is 4. The molecule has 0 radical (unpaired) electrons. The second-order valence-corrected chi connectivity index (χ2v) is 12.1. The molecule has 3 aromatic rings. The molecule has 0 N–H and O–H groups in total. The van der Waals surface area contributed by atoms with Gasteiger partial charge in [-0.3, -0.25) is 10.1 Å². The number of rotatable bonds is 13. The number of alkyl halides is 2. The molecule has 0 spiro atoms. The van der Waals surface area contributed by atoms with Crippen LogP contribution in [-0.2, 0) is 21.3 Å². The van der Waals surface area contributed by atoms with Crippen molar-refractivity contribution in [2.45, 2.75) is 11.7 Å². The lowest BCUT2D eigenvalue weighted by atomic mass is 10.1. The van der Waals surface area contributed by atoms with E-state index in [4.69, 9.17) is 32.1 Å². The van der Waals surface area contributed by atoms with Crippen molar-refractivity contribution in [1.29, 1.82) is 0 Å². The fourth-order valence-electron chi connectivity index (χ4n) is 4.28. The first-order valence-corrected chi connectivity index (χ1v) is 15.6. The van der Waals surface area contributed by atoms with Gasteiger partial charge in [0, 0.05) is 49.8 Å². The molecule has 2 aromatic heterocycles. The Bertz CT molecular complexity index is 1330. The van der Waals surface area contributed by atoms with Gasteiger partial charge >= 0.3 is 15.1 Å². The molecule has 0 aliphatic carbocycles. The van der Waals surface area contributed by atoms with Crippen molar-refractivity contribution >= 4 is 61.2 Å². The van der Waals surface area contributed by atoms with Gasteiger partial charge in [0.2, 0.25) is 0 Å². The highest BCUT2D eigenvalue weighted by molar-refractivity contribution is 7.87. The van der Waals surface area contributed by atoms with Gasteiger partial charge in [0.25, 0.3) is 0 Å². The molecule has 0 amide bonds. The summed E-state index contributed by atoms with van der Waals surface area (Å²) in [7, 11) is -4.35. The fourth-order valence-corrected chi connectivity index (χ4v) is 6.93. The molecule has 10 nitrogen and oxygen atoms in total. The molecule has 0 bridgehead atoms. The quantitative estimate of drug-likeness (QED) is 0.115. The number of anilines is 2. The number of aromatic nitrogens is 1. The summed E-state index contributed by atoms with van der Waals surface area (Å²) in [6, 6.07) is 11.6. The molecular weight excluding hydrogens is 587 g/mol. The zero-order valence-electron chi connectivity index (χ0n) is 20.9. The van der Waals surface area contributed by atoms with Crippen molar-refractivity contribution in [3.8, 4) is 5.75 Å². The number of hydrogen-bond donors (Lipinski definition) is 0. The van der Waals surface area contributed by atoms with Crippen LogP contribution in [0.25, 0.3) is 0 Å². The Morgan fingerprint density at radius 1 is 1.10 bits per heavy atom. The number of ether oxygens (including phenoxy) is 1. The monoisotopic (exact) mass is 614 g/mol. The minimum absolute atomic E-state index is 0.0480. The lowest BCUT2D eigenvalue weighted by Crippen LogP contribution is -2.36. The third-order valence-corrected chi connectivity index (χ3v) is 8.98. The van der Waals surface area contributed by atoms with Crippen molar-refractivity contribution in [1.82, 2.24) is 4.98 Å². The van der Waals surface area contributed by atoms with Gasteiger partial charge in [-0.15, -0.1) is 23.2 Å². The van der Waals surface area contributed by atoms with Crippen molar-refractivity contribution in [3.05, 3.63) is 75.3 Å². The van der Waals surface area contributed by atoms with Gasteiger partial charge in [0.05, 0.1) is 23.7 Å². The van der Waals surface area contributed by atoms with E-state index < -0.39 is 20.3 Å². The van der Waals surface area contributed by atoms with Gasteiger partial charge < -0.3 is 18.7 Å². The van der Waals surface area contributed by atoms with Crippen LogP contribution in [0.3, 0.4) is 0 Å². The van der Waals surface area contributed by atoms with Crippen LogP contribution in [0.4, 0.5) is 16.5 Å². The number of nitro groups is 1. The maximum absolute atomic E-state index is 13.6. The van der Waals surface area contributed by atoms with Crippen molar-refractivity contribution in [3.63, 3.8) is 0 Å². The Morgan fingerprint density at radius 2 is 1.79 bits per heavy atom. The van der Waals surface area contributed by atoms with E-state index in [0.717, 1.165) is 22.8 Å². The maximum Gasteiger partial charge on any atom is 0.328 e. The second-order valence-electron chi connectivity index (χ2n) is 8.69. The molecule has 1 aliphatic rings. The first kappa shape index (κ1) is 29.3. The Balaban J connectivity index is 1.58.